The summed E-state index contributed by atoms with van der Waals surface area (Å²) in [6.45, 7) is 4.15. The van der Waals surface area contributed by atoms with Gasteiger partial charge in [-0.15, -0.1) is 0 Å². The molecule has 0 aliphatic carbocycles. The van der Waals surface area contributed by atoms with Crippen LogP contribution in [0.4, 0.5) is 5.69 Å². The van der Waals surface area contributed by atoms with Crippen molar-refractivity contribution in [1.82, 2.24) is 0 Å². The minimum atomic E-state index is 0.196. The Morgan fingerprint density at radius 3 is 2.50 bits per heavy atom. The van der Waals surface area contributed by atoms with Gasteiger partial charge in [0.25, 0.3) is 0 Å². The van der Waals surface area contributed by atoms with Crippen molar-refractivity contribution in [2.45, 2.75) is 19.8 Å². The molecule has 1 N–H and O–H groups in total. The summed E-state index contributed by atoms with van der Waals surface area (Å²) >= 11 is 2.19. The third kappa shape index (κ3) is 4.65. The SMILES string of the molecule is COc1cc(C(C)C)c(O/C(C#N)=C/Nc2ccccc2)cc1I. The molecule has 0 atom stereocenters. The standard InChI is InChI=1S/C19H19IN2O2/c1-13(2)16-9-19(23-3)17(20)10-18(16)24-15(11-21)12-22-14-7-5-4-6-8-14/h4-10,12-13,22H,1-3H3/b15-12+. The molecular weight excluding hydrogens is 415 g/mol. The lowest BCUT2D eigenvalue weighted by atomic mass is 10.0. The largest absolute Gasteiger partial charge is 0.496 e. The summed E-state index contributed by atoms with van der Waals surface area (Å²) in [5.41, 5.74) is 1.88. The van der Waals surface area contributed by atoms with Crippen LogP contribution in [-0.4, -0.2) is 7.11 Å². The van der Waals surface area contributed by atoms with Crippen LogP contribution in [0.25, 0.3) is 0 Å². The van der Waals surface area contributed by atoms with Crippen LogP contribution < -0.4 is 14.8 Å². The molecule has 0 saturated carbocycles. The van der Waals surface area contributed by atoms with Crippen molar-refractivity contribution in [3.8, 4) is 17.6 Å². The predicted octanol–water partition coefficient (Wildman–Crippen LogP) is 5.28. The van der Waals surface area contributed by atoms with Gasteiger partial charge >= 0.3 is 0 Å². The van der Waals surface area contributed by atoms with E-state index in [9.17, 15) is 5.26 Å². The number of ether oxygens (including phenoxy) is 2. The van der Waals surface area contributed by atoms with Gasteiger partial charge in [0.1, 0.15) is 17.6 Å². The third-order valence-corrected chi connectivity index (χ3v) is 4.22. The van der Waals surface area contributed by atoms with E-state index >= 15 is 0 Å². The Hall–Kier alpha value is -2.20. The van der Waals surface area contributed by atoms with Crippen molar-refractivity contribution in [3.05, 3.63) is 63.6 Å². The molecule has 2 rings (SSSR count). The number of benzene rings is 2. The number of methoxy groups -OCH3 is 1. The molecule has 0 spiro atoms. The molecule has 0 radical (unpaired) electrons. The molecule has 24 heavy (non-hydrogen) atoms. The number of nitrogens with one attached hydrogen (secondary N) is 1. The summed E-state index contributed by atoms with van der Waals surface area (Å²) in [4.78, 5) is 0. The van der Waals surface area contributed by atoms with Gasteiger partial charge < -0.3 is 14.8 Å². The number of anilines is 1. The number of hydrogen-bond acceptors (Lipinski definition) is 4. The predicted molar refractivity (Wildman–Crippen MR) is 104 cm³/mol. The summed E-state index contributed by atoms with van der Waals surface area (Å²) in [6.07, 6.45) is 1.57. The van der Waals surface area contributed by atoms with Gasteiger partial charge in [0.05, 0.1) is 16.9 Å². The Bertz CT molecular complexity index is 765. The fourth-order valence-corrected chi connectivity index (χ4v) is 2.79. The van der Waals surface area contributed by atoms with Crippen LogP contribution in [0.5, 0.6) is 11.5 Å². The van der Waals surface area contributed by atoms with E-state index in [1.54, 1.807) is 13.3 Å². The molecule has 0 fully saturated rings. The van der Waals surface area contributed by atoms with Gasteiger partial charge in [-0.1, -0.05) is 32.0 Å². The van der Waals surface area contributed by atoms with Gasteiger partial charge in [-0.25, -0.2) is 0 Å². The van der Waals surface area contributed by atoms with Gasteiger partial charge in [0.2, 0.25) is 5.76 Å². The highest BCUT2D eigenvalue weighted by Gasteiger charge is 2.14. The van der Waals surface area contributed by atoms with Crippen LogP contribution in [0.3, 0.4) is 0 Å². The molecule has 0 aliphatic heterocycles. The summed E-state index contributed by atoms with van der Waals surface area (Å²) in [5.74, 6) is 1.91. The van der Waals surface area contributed by atoms with E-state index in [0.29, 0.717) is 5.75 Å². The molecule has 2 aromatic rings. The number of nitrogens with zero attached hydrogens (tertiary/aromatic N) is 1. The molecule has 0 amide bonds. The highest BCUT2D eigenvalue weighted by Crippen LogP contribution is 2.35. The number of halogens is 1. The molecule has 0 aromatic heterocycles. The lowest BCUT2D eigenvalue weighted by molar-refractivity contribution is 0.405. The molecule has 0 unspecified atom stereocenters. The van der Waals surface area contributed by atoms with Crippen LogP contribution in [-0.2, 0) is 0 Å². The molecule has 4 nitrogen and oxygen atoms in total. The lowest BCUT2D eigenvalue weighted by Crippen LogP contribution is -2.02. The zero-order valence-electron chi connectivity index (χ0n) is 13.8. The minimum absolute atomic E-state index is 0.196. The van der Waals surface area contributed by atoms with Crippen LogP contribution in [0.2, 0.25) is 0 Å². The second kappa shape index (κ2) is 8.60. The van der Waals surface area contributed by atoms with Gasteiger partial charge in [0.15, 0.2) is 0 Å². The Kier molecular flexibility index (Phi) is 6.50. The van der Waals surface area contributed by atoms with Crippen molar-refractivity contribution >= 4 is 28.3 Å². The van der Waals surface area contributed by atoms with Crippen LogP contribution in [0.15, 0.2) is 54.4 Å². The van der Waals surface area contributed by atoms with Crippen molar-refractivity contribution in [3.63, 3.8) is 0 Å². The lowest BCUT2D eigenvalue weighted by Gasteiger charge is -2.16. The Morgan fingerprint density at radius 1 is 1.21 bits per heavy atom. The van der Waals surface area contributed by atoms with Crippen LogP contribution >= 0.6 is 22.6 Å². The second-order valence-corrected chi connectivity index (χ2v) is 6.57. The summed E-state index contributed by atoms with van der Waals surface area (Å²) in [6, 6.07) is 15.5. The highest BCUT2D eigenvalue weighted by atomic mass is 127. The Morgan fingerprint density at radius 2 is 1.92 bits per heavy atom. The first-order valence-electron chi connectivity index (χ1n) is 7.52. The summed E-state index contributed by atoms with van der Waals surface area (Å²) in [7, 11) is 1.65. The topological polar surface area (TPSA) is 54.3 Å². The minimum Gasteiger partial charge on any atom is -0.496 e. The van der Waals surface area contributed by atoms with Crippen molar-refractivity contribution in [2.75, 3.05) is 12.4 Å². The summed E-state index contributed by atoms with van der Waals surface area (Å²) in [5, 5.41) is 12.4. The first-order chi connectivity index (χ1) is 11.5. The molecular formula is C19H19IN2O2. The van der Waals surface area contributed by atoms with E-state index in [1.165, 1.54) is 0 Å². The van der Waals surface area contributed by atoms with Crippen molar-refractivity contribution in [2.24, 2.45) is 0 Å². The number of allylic oxidation sites excluding steroid dienone is 1. The zero-order valence-corrected chi connectivity index (χ0v) is 16.0. The quantitative estimate of drug-likeness (QED) is 0.382. The number of hydrogen-bond donors (Lipinski definition) is 1. The fraction of sp³-hybridized carbons (Fsp3) is 0.211. The van der Waals surface area contributed by atoms with E-state index in [0.717, 1.165) is 20.6 Å². The maximum absolute atomic E-state index is 9.36. The fourth-order valence-electron chi connectivity index (χ4n) is 2.13. The van der Waals surface area contributed by atoms with Crippen molar-refractivity contribution in [1.29, 1.82) is 5.26 Å². The number of para-hydroxylation sites is 1. The maximum Gasteiger partial charge on any atom is 0.219 e. The van der Waals surface area contributed by atoms with Gasteiger partial charge in [-0.05, 0) is 52.8 Å². The Balaban J connectivity index is 2.27. The van der Waals surface area contributed by atoms with Gasteiger partial charge in [-0.2, -0.15) is 5.26 Å². The number of rotatable bonds is 6. The molecule has 0 aliphatic rings. The Labute approximate surface area is 156 Å². The van der Waals surface area contributed by atoms with Crippen molar-refractivity contribution < 1.29 is 9.47 Å². The molecule has 0 bridgehead atoms. The van der Waals surface area contributed by atoms with Gasteiger partial charge in [0, 0.05) is 11.3 Å². The average molecular weight is 434 g/mol. The molecule has 0 heterocycles. The molecule has 124 valence electrons. The van der Waals surface area contributed by atoms with E-state index in [-0.39, 0.29) is 11.7 Å². The number of nitriles is 1. The van der Waals surface area contributed by atoms with Crippen LogP contribution in [0, 0.1) is 14.9 Å². The molecule has 5 heteroatoms. The second-order valence-electron chi connectivity index (χ2n) is 5.41. The first kappa shape index (κ1) is 18.1. The van der Waals surface area contributed by atoms with E-state index in [1.807, 2.05) is 42.5 Å². The van der Waals surface area contributed by atoms with E-state index in [4.69, 9.17) is 9.47 Å². The average Bonchev–Trinajstić information content (AvgIpc) is 2.59. The summed E-state index contributed by atoms with van der Waals surface area (Å²) < 4.78 is 12.1. The van der Waals surface area contributed by atoms with Gasteiger partial charge in [-0.3, -0.25) is 0 Å². The first-order valence-corrected chi connectivity index (χ1v) is 8.60. The molecule has 2 aromatic carbocycles. The van der Waals surface area contributed by atoms with Crippen LogP contribution in [0.1, 0.15) is 25.3 Å². The highest BCUT2D eigenvalue weighted by molar-refractivity contribution is 14.1. The smallest absolute Gasteiger partial charge is 0.219 e. The maximum atomic E-state index is 9.36. The van der Waals surface area contributed by atoms with E-state index in [2.05, 4.69) is 47.8 Å². The third-order valence-electron chi connectivity index (χ3n) is 3.38. The molecule has 0 saturated heterocycles. The monoisotopic (exact) mass is 434 g/mol. The zero-order chi connectivity index (χ0) is 17.5. The normalized spacial score (nSPS) is 11.1. The van der Waals surface area contributed by atoms with E-state index < -0.39 is 0 Å².